The van der Waals surface area contributed by atoms with Gasteiger partial charge in [-0.25, -0.2) is 4.39 Å². The lowest BCUT2D eigenvalue weighted by molar-refractivity contribution is 0.213. The highest BCUT2D eigenvalue weighted by atomic mass is 19.1. The van der Waals surface area contributed by atoms with Crippen LogP contribution in [0.25, 0.3) is 0 Å². The van der Waals surface area contributed by atoms with Gasteiger partial charge in [0.05, 0.1) is 0 Å². The molecule has 1 N–H and O–H groups in total. The SMILES string of the molecule is Cc1ccc(F)c(O[C@@H]2CCNC2)c1. The van der Waals surface area contributed by atoms with Crippen LogP contribution in [-0.2, 0) is 0 Å². The molecule has 1 saturated heterocycles. The number of ether oxygens (including phenoxy) is 1. The van der Waals surface area contributed by atoms with E-state index < -0.39 is 0 Å². The van der Waals surface area contributed by atoms with Crippen LogP contribution in [0.1, 0.15) is 12.0 Å². The molecule has 1 atom stereocenters. The Bertz CT molecular complexity index is 321. The van der Waals surface area contributed by atoms with Crippen LogP contribution in [0.5, 0.6) is 5.75 Å². The summed E-state index contributed by atoms with van der Waals surface area (Å²) in [6.07, 6.45) is 1.07. The first-order valence-corrected chi connectivity index (χ1v) is 4.89. The molecule has 1 fully saturated rings. The van der Waals surface area contributed by atoms with E-state index in [1.807, 2.05) is 6.92 Å². The van der Waals surface area contributed by atoms with Gasteiger partial charge in [-0.05, 0) is 37.6 Å². The Morgan fingerprint density at radius 3 is 3.07 bits per heavy atom. The molecule has 3 heteroatoms. The molecule has 0 aromatic heterocycles. The van der Waals surface area contributed by atoms with E-state index in [2.05, 4.69) is 5.32 Å². The summed E-state index contributed by atoms with van der Waals surface area (Å²) in [6.45, 7) is 3.70. The molecule has 76 valence electrons. The van der Waals surface area contributed by atoms with E-state index >= 15 is 0 Å². The van der Waals surface area contributed by atoms with Gasteiger partial charge in [-0.2, -0.15) is 0 Å². The van der Waals surface area contributed by atoms with E-state index in [1.165, 1.54) is 6.07 Å². The number of halogens is 1. The van der Waals surface area contributed by atoms with Crippen molar-refractivity contribution in [3.05, 3.63) is 29.6 Å². The standard InChI is InChI=1S/C11H14FNO/c1-8-2-3-10(12)11(6-8)14-9-4-5-13-7-9/h2-3,6,9,13H,4-5,7H2,1H3/t9-/m1/s1. The van der Waals surface area contributed by atoms with E-state index in [4.69, 9.17) is 4.74 Å². The van der Waals surface area contributed by atoms with Crippen LogP contribution in [0.4, 0.5) is 4.39 Å². The number of hydrogen-bond acceptors (Lipinski definition) is 2. The molecule has 1 heterocycles. The highest BCUT2D eigenvalue weighted by molar-refractivity contribution is 5.29. The Kier molecular flexibility index (Phi) is 2.68. The highest BCUT2D eigenvalue weighted by Gasteiger charge is 2.17. The van der Waals surface area contributed by atoms with E-state index in [1.54, 1.807) is 12.1 Å². The topological polar surface area (TPSA) is 21.3 Å². The van der Waals surface area contributed by atoms with Gasteiger partial charge in [0, 0.05) is 6.54 Å². The molecule has 0 spiro atoms. The summed E-state index contributed by atoms with van der Waals surface area (Å²) >= 11 is 0. The summed E-state index contributed by atoms with van der Waals surface area (Å²) < 4.78 is 18.8. The van der Waals surface area contributed by atoms with E-state index in [9.17, 15) is 4.39 Å². The molecule has 1 aliphatic rings. The number of aryl methyl sites for hydroxylation is 1. The Labute approximate surface area is 83.1 Å². The average molecular weight is 195 g/mol. The van der Waals surface area contributed by atoms with Gasteiger partial charge in [0.25, 0.3) is 0 Å². The first kappa shape index (κ1) is 9.46. The van der Waals surface area contributed by atoms with Gasteiger partial charge in [-0.15, -0.1) is 0 Å². The third-order valence-electron chi connectivity index (χ3n) is 2.40. The lowest BCUT2D eigenvalue weighted by atomic mass is 10.2. The van der Waals surface area contributed by atoms with E-state index in [0.29, 0.717) is 5.75 Å². The Hall–Kier alpha value is -1.09. The second-order valence-electron chi connectivity index (χ2n) is 3.67. The maximum Gasteiger partial charge on any atom is 0.165 e. The smallest absolute Gasteiger partial charge is 0.165 e. The molecule has 0 bridgehead atoms. The quantitative estimate of drug-likeness (QED) is 0.778. The average Bonchev–Trinajstić information content (AvgIpc) is 2.64. The molecule has 0 aliphatic carbocycles. The fourth-order valence-corrected chi connectivity index (χ4v) is 1.61. The van der Waals surface area contributed by atoms with Crippen molar-refractivity contribution in [2.75, 3.05) is 13.1 Å². The van der Waals surface area contributed by atoms with Gasteiger partial charge in [0.15, 0.2) is 11.6 Å². The fraction of sp³-hybridized carbons (Fsp3) is 0.455. The molecule has 0 unspecified atom stereocenters. The van der Waals surface area contributed by atoms with Crippen LogP contribution < -0.4 is 10.1 Å². The second-order valence-corrected chi connectivity index (χ2v) is 3.67. The van der Waals surface area contributed by atoms with Crippen molar-refractivity contribution in [3.63, 3.8) is 0 Å². The van der Waals surface area contributed by atoms with Gasteiger partial charge in [-0.1, -0.05) is 6.07 Å². The van der Waals surface area contributed by atoms with E-state index in [0.717, 1.165) is 25.1 Å². The van der Waals surface area contributed by atoms with Crippen molar-refractivity contribution >= 4 is 0 Å². The maximum absolute atomic E-state index is 13.3. The number of benzene rings is 1. The maximum atomic E-state index is 13.3. The lowest BCUT2D eigenvalue weighted by Gasteiger charge is -2.13. The molecule has 1 aromatic carbocycles. The lowest BCUT2D eigenvalue weighted by Crippen LogP contribution is -2.20. The summed E-state index contributed by atoms with van der Waals surface area (Å²) in [5.41, 5.74) is 1.02. The van der Waals surface area contributed by atoms with E-state index in [-0.39, 0.29) is 11.9 Å². The van der Waals surface area contributed by atoms with Crippen LogP contribution in [0.15, 0.2) is 18.2 Å². The summed E-state index contributed by atoms with van der Waals surface area (Å²) in [5, 5.41) is 3.18. The largest absolute Gasteiger partial charge is 0.486 e. The molecular formula is C11H14FNO. The zero-order valence-corrected chi connectivity index (χ0v) is 8.22. The predicted octanol–water partition coefficient (Wildman–Crippen LogP) is 1.87. The minimum Gasteiger partial charge on any atom is -0.486 e. The van der Waals surface area contributed by atoms with Crippen LogP contribution in [-0.4, -0.2) is 19.2 Å². The second kappa shape index (κ2) is 3.96. The van der Waals surface area contributed by atoms with Gasteiger partial charge < -0.3 is 10.1 Å². The highest BCUT2D eigenvalue weighted by Crippen LogP contribution is 2.20. The predicted molar refractivity (Wildman–Crippen MR) is 53.0 cm³/mol. The van der Waals surface area contributed by atoms with Crippen molar-refractivity contribution in [2.45, 2.75) is 19.4 Å². The minimum absolute atomic E-state index is 0.117. The van der Waals surface area contributed by atoms with Crippen LogP contribution in [0, 0.1) is 12.7 Å². The van der Waals surface area contributed by atoms with Crippen LogP contribution in [0.2, 0.25) is 0 Å². The summed E-state index contributed by atoms with van der Waals surface area (Å²) in [5.74, 6) is 0.0983. The third kappa shape index (κ3) is 2.04. The number of hydrogen-bond donors (Lipinski definition) is 1. The molecular weight excluding hydrogens is 181 g/mol. The molecule has 1 aromatic rings. The monoisotopic (exact) mass is 195 g/mol. The number of rotatable bonds is 2. The molecule has 2 rings (SSSR count). The van der Waals surface area contributed by atoms with Gasteiger partial charge in [0.2, 0.25) is 0 Å². The minimum atomic E-state index is -0.275. The van der Waals surface area contributed by atoms with Crippen molar-refractivity contribution < 1.29 is 9.13 Å². The fourth-order valence-electron chi connectivity index (χ4n) is 1.61. The first-order valence-electron chi connectivity index (χ1n) is 4.89. The van der Waals surface area contributed by atoms with Crippen molar-refractivity contribution in [1.82, 2.24) is 5.32 Å². The van der Waals surface area contributed by atoms with Gasteiger partial charge in [-0.3, -0.25) is 0 Å². The summed E-state index contributed by atoms with van der Waals surface area (Å²) in [7, 11) is 0. The van der Waals surface area contributed by atoms with Crippen LogP contribution >= 0.6 is 0 Å². The Morgan fingerprint density at radius 2 is 2.36 bits per heavy atom. The first-order chi connectivity index (χ1) is 6.75. The third-order valence-corrected chi connectivity index (χ3v) is 2.40. The van der Waals surface area contributed by atoms with Gasteiger partial charge in [0.1, 0.15) is 6.10 Å². The summed E-state index contributed by atoms with van der Waals surface area (Å²) in [4.78, 5) is 0. The van der Waals surface area contributed by atoms with Crippen LogP contribution in [0.3, 0.4) is 0 Å². The normalized spacial score (nSPS) is 21.1. The zero-order valence-electron chi connectivity index (χ0n) is 8.22. The molecule has 14 heavy (non-hydrogen) atoms. The Balaban J connectivity index is 2.10. The van der Waals surface area contributed by atoms with Crippen molar-refractivity contribution in [1.29, 1.82) is 0 Å². The molecule has 2 nitrogen and oxygen atoms in total. The summed E-state index contributed by atoms with van der Waals surface area (Å²) in [6, 6.07) is 4.94. The Morgan fingerprint density at radius 1 is 1.50 bits per heavy atom. The zero-order chi connectivity index (χ0) is 9.97. The van der Waals surface area contributed by atoms with Gasteiger partial charge >= 0.3 is 0 Å². The number of nitrogens with one attached hydrogen (secondary N) is 1. The van der Waals surface area contributed by atoms with Crippen molar-refractivity contribution in [3.8, 4) is 5.75 Å². The molecule has 0 amide bonds. The molecule has 0 radical (unpaired) electrons. The van der Waals surface area contributed by atoms with Crippen molar-refractivity contribution in [2.24, 2.45) is 0 Å². The molecule has 0 saturated carbocycles. The molecule has 1 aliphatic heterocycles.